The zero-order valence-electron chi connectivity index (χ0n) is 13.2. The monoisotopic (exact) mass is 296 g/mol. The Balaban J connectivity index is 1.91. The highest BCUT2D eigenvalue weighted by molar-refractivity contribution is 5.86. The van der Waals surface area contributed by atoms with Crippen molar-refractivity contribution in [1.82, 2.24) is 10.6 Å². The number of rotatable bonds is 5. The summed E-state index contributed by atoms with van der Waals surface area (Å²) in [5, 5.41) is 15.2. The van der Waals surface area contributed by atoms with Crippen LogP contribution in [-0.4, -0.2) is 29.2 Å². The SMILES string of the molecule is CCC1(CNC(=O)NC2(C(=O)O)CCCC(C)C2)CCC1. The number of carbonyl (C=O) groups is 2. The number of carboxylic acid groups (broad SMARTS) is 1. The van der Waals surface area contributed by atoms with Gasteiger partial charge in [-0.3, -0.25) is 0 Å². The van der Waals surface area contributed by atoms with Crippen molar-refractivity contribution < 1.29 is 14.7 Å². The average molecular weight is 296 g/mol. The van der Waals surface area contributed by atoms with E-state index < -0.39 is 11.5 Å². The maximum Gasteiger partial charge on any atom is 0.329 e. The second kappa shape index (κ2) is 6.24. The lowest BCUT2D eigenvalue weighted by molar-refractivity contribution is -0.146. The van der Waals surface area contributed by atoms with E-state index in [0.29, 0.717) is 25.3 Å². The summed E-state index contributed by atoms with van der Waals surface area (Å²) in [4.78, 5) is 23.8. The Morgan fingerprint density at radius 1 is 1.24 bits per heavy atom. The van der Waals surface area contributed by atoms with Crippen molar-refractivity contribution in [2.75, 3.05) is 6.54 Å². The van der Waals surface area contributed by atoms with E-state index in [4.69, 9.17) is 0 Å². The van der Waals surface area contributed by atoms with Crippen LogP contribution in [0.5, 0.6) is 0 Å². The van der Waals surface area contributed by atoms with Gasteiger partial charge in [-0.05, 0) is 43.4 Å². The molecule has 0 heterocycles. The molecule has 5 heteroatoms. The van der Waals surface area contributed by atoms with Crippen LogP contribution < -0.4 is 10.6 Å². The molecule has 2 rings (SSSR count). The first kappa shape index (κ1) is 16.1. The van der Waals surface area contributed by atoms with E-state index in [9.17, 15) is 14.7 Å². The molecule has 0 aromatic rings. The minimum absolute atomic E-state index is 0.244. The molecule has 2 fully saturated rings. The largest absolute Gasteiger partial charge is 0.480 e. The lowest BCUT2D eigenvalue weighted by atomic mass is 9.67. The van der Waals surface area contributed by atoms with Gasteiger partial charge in [0.05, 0.1) is 0 Å². The summed E-state index contributed by atoms with van der Waals surface area (Å²) in [5.41, 5.74) is -0.839. The Morgan fingerprint density at radius 2 is 1.95 bits per heavy atom. The normalized spacial score (nSPS) is 31.0. The van der Waals surface area contributed by atoms with E-state index in [1.807, 2.05) is 0 Å². The maximum atomic E-state index is 12.1. The van der Waals surface area contributed by atoms with E-state index in [0.717, 1.165) is 32.1 Å². The van der Waals surface area contributed by atoms with Gasteiger partial charge in [0.1, 0.15) is 5.54 Å². The summed E-state index contributed by atoms with van der Waals surface area (Å²) < 4.78 is 0. The van der Waals surface area contributed by atoms with Crippen molar-refractivity contribution in [2.45, 2.75) is 70.8 Å². The third-order valence-electron chi connectivity index (χ3n) is 5.55. The Hall–Kier alpha value is -1.26. The van der Waals surface area contributed by atoms with Crippen LogP contribution in [-0.2, 0) is 4.79 Å². The van der Waals surface area contributed by atoms with E-state index in [-0.39, 0.29) is 11.4 Å². The predicted octanol–water partition coefficient (Wildman–Crippen LogP) is 2.90. The van der Waals surface area contributed by atoms with Gasteiger partial charge in [-0.2, -0.15) is 0 Å². The second-order valence-corrected chi connectivity index (χ2v) is 7.10. The Kier molecular flexibility index (Phi) is 4.79. The van der Waals surface area contributed by atoms with Crippen molar-refractivity contribution in [3.63, 3.8) is 0 Å². The van der Waals surface area contributed by atoms with Gasteiger partial charge < -0.3 is 15.7 Å². The molecule has 0 spiro atoms. The number of hydrogen-bond donors (Lipinski definition) is 3. The topological polar surface area (TPSA) is 78.4 Å². The van der Waals surface area contributed by atoms with Crippen LogP contribution in [0.25, 0.3) is 0 Å². The van der Waals surface area contributed by atoms with E-state index in [2.05, 4.69) is 24.5 Å². The van der Waals surface area contributed by atoms with Crippen molar-refractivity contribution in [3.05, 3.63) is 0 Å². The first-order chi connectivity index (χ1) is 9.91. The summed E-state index contributed by atoms with van der Waals surface area (Å²) >= 11 is 0. The van der Waals surface area contributed by atoms with Crippen LogP contribution in [0.2, 0.25) is 0 Å². The Labute approximate surface area is 126 Å². The lowest BCUT2D eigenvalue weighted by Crippen LogP contribution is -2.60. The number of nitrogens with one attached hydrogen (secondary N) is 2. The summed E-state index contributed by atoms with van der Waals surface area (Å²) in [6, 6.07) is -0.328. The fraction of sp³-hybridized carbons (Fsp3) is 0.875. The molecular formula is C16H28N2O3. The molecule has 0 aromatic carbocycles. The van der Waals surface area contributed by atoms with Crippen LogP contribution in [0.1, 0.15) is 65.2 Å². The molecule has 2 aliphatic rings. The molecule has 3 N–H and O–H groups in total. The Morgan fingerprint density at radius 3 is 2.43 bits per heavy atom. The van der Waals surface area contributed by atoms with Crippen molar-refractivity contribution >= 4 is 12.0 Å². The molecule has 0 bridgehead atoms. The minimum Gasteiger partial charge on any atom is -0.480 e. The number of urea groups is 1. The molecule has 2 unspecified atom stereocenters. The average Bonchev–Trinajstić information content (AvgIpc) is 2.37. The molecule has 0 aliphatic heterocycles. The fourth-order valence-electron chi connectivity index (χ4n) is 3.77. The van der Waals surface area contributed by atoms with Crippen LogP contribution in [0.15, 0.2) is 0 Å². The zero-order chi connectivity index (χ0) is 15.5. The van der Waals surface area contributed by atoms with Gasteiger partial charge >= 0.3 is 12.0 Å². The molecular weight excluding hydrogens is 268 g/mol. The number of hydrogen-bond acceptors (Lipinski definition) is 2. The van der Waals surface area contributed by atoms with Gasteiger partial charge in [0.15, 0.2) is 0 Å². The molecule has 21 heavy (non-hydrogen) atoms. The van der Waals surface area contributed by atoms with E-state index in [1.54, 1.807) is 0 Å². The van der Waals surface area contributed by atoms with Crippen LogP contribution in [0, 0.1) is 11.3 Å². The van der Waals surface area contributed by atoms with E-state index >= 15 is 0 Å². The summed E-state index contributed by atoms with van der Waals surface area (Å²) in [7, 11) is 0. The van der Waals surface area contributed by atoms with E-state index in [1.165, 1.54) is 6.42 Å². The number of aliphatic carboxylic acids is 1. The number of carboxylic acids is 1. The molecule has 2 amide bonds. The molecule has 0 saturated heterocycles. The number of amides is 2. The quantitative estimate of drug-likeness (QED) is 0.730. The van der Waals surface area contributed by atoms with Crippen molar-refractivity contribution in [3.8, 4) is 0 Å². The van der Waals surface area contributed by atoms with Gasteiger partial charge in [0.25, 0.3) is 0 Å². The lowest BCUT2D eigenvalue weighted by Gasteiger charge is -2.42. The van der Waals surface area contributed by atoms with Crippen LogP contribution >= 0.6 is 0 Å². The standard InChI is InChI=1S/C16H28N2O3/c1-3-15(7-5-8-15)11-17-14(21)18-16(13(19)20)9-4-6-12(2)10-16/h12H,3-11H2,1-2H3,(H,19,20)(H2,17,18,21). The second-order valence-electron chi connectivity index (χ2n) is 7.10. The van der Waals surface area contributed by atoms with Gasteiger partial charge in [-0.25, -0.2) is 9.59 Å². The van der Waals surface area contributed by atoms with Gasteiger partial charge in [0.2, 0.25) is 0 Å². The van der Waals surface area contributed by atoms with Gasteiger partial charge in [-0.15, -0.1) is 0 Å². The summed E-state index contributed by atoms with van der Waals surface area (Å²) in [6.45, 7) is 4.86. The molecule has 2 saturated carbocycles. The highest BCUT2D eigenvalue weighted by Crippen LogP contribution is 2.43. The predicted molar refractivity (Wildman–Crippen MR) is 81.1 cm³/mol. The molecule has 2 atom stereocenters. The molecule has 0 aromatic heterocycles. The molecule has 5 nitrogen and oxygen atoms in total. The summed E-state index contributed by atoms with van der Waals surface area (Å²) in [6.07, 6.45) is 7.55. The summed E-state index contributed by atoms with van der Waals surface area (Å²) in [5.74, 6) is -0.568. The maximum absolute atomic E-state index is 12.1. The highest BCUT2D eigenvalue weighted by atomic mass is 16.4. The smallest absolute Gasteiger partial charge is 0.329 e. The number of carbonyl (C=O) groups excluding carboxylic acids is 1. The van der Waals surface area contributed by atoms with Crippen LogP contribution in [0.4, 0.5) is 4.79 Å². The fourth-order valence-corrected chi connectivity index (χ4v) is 3.77. The first-order valence-electron chi connectivity index (χ1n) is 8.21. The third kappa shape index (κ3) is 3.50. The minimum atomic E-state index is -1.08. The molecule has 120 valence electrons. The van der Waals surface area contributed by atoms with Crippen molar-refractivity contribution in [1.29, 1.82) is 0 Å². The highest BCUT2D eigenvalue weighted by Gasteiger charge is 2.43. The molecule has 0 radical (unpaired) electrons. The van der Waals surface area contributed by atoms with Gasteiger partial charge in [0, 0.05) is 6.54 Å². The molecule has 2 aliphatic carbocycles. The Bertz CT molecular complexity index is 401. The van der Waals surface area contributed by atoms with Crippen molar-refractivity contribution in [2.24, 2.45) is 11.3 Å². The van der Waals surface area contributed by atoms with Gasteiger partial charge in [-0.1, -0.05) is 33.1 Å². The van der Waals surface area contributed by atoms with Crippen LogP contribution in [0.3, 0.4) is 0 Å². The first-order valence-corrected chi connectivity index (χ1v) is 8.21. The zero-order valence-corrected chi connectivity index (χ0v) is 13.2. The third-order valence-corrected chi connectivity index (χ3v) is 5.55.